The van der Waals surface area contributed by atoms with Gasteiger partial charge in [-0.25, -0.2) is 10.1 Å². The van der Waals surface area contributed by atoms with Crippen molar-refractivity contribution in [3.8, 4) is 5.75 Å². The topological polar surface area (TPSA) is 120 Å². The molecule has 0 radical (unpaired) electrons. The second kappa shape index (κ2) is 9.94. The lowest BCUT2D eigenvalue weighted by molar-refractivity contribution is -0.121. The zero-order valence-electron chi connectivity index (χ0n) is 15.0. The molecule has 156 valence electrons. The summed E-state index contributed by atoms with van der Waals surface area (Å²) in [6.45, 7) is -0.0754. The lowest BCUT2D eigenvalue weighted by Crippen LogP contribution is -2.24. The van der Waals surface area contributed by atoms with Gasteiger partial charge in [-0.2, -0.15) is 5.10 Å². The highest BCUT2D eigenvalue weighted by Gasteiger charge is 2.12. The third-order valence-corrected chi connectivity index (χ3v) is 4.76. The summed E-state index contributed by atoms with van der Waals surface area (Å²) in [5.74, 6) is -0.170. The van der Waals surface area contributed by atoms with Crippen LogP contribution in [0.15, 0.2) is 35.4 Å². The van der Waals surface area contributed by atoms with Gasteiger partial charge in [0.1, 0.15) is 18.9 Å². The van der Waals surface area contributed by atoms with Crippen LogP contribution in [0.4, 0.5) is 5.95 Å². The second-order valence-corrected chi connectivity index (χ2v) is 7.51. The standard InChI is InChI=1S/C17H13Cl4N7O2/c18-11-2-1-9(13(20)4-11)8-30-16-10(3-12(19)5-14(16)21)6-23-24-15(29)7-28-17(22)25-26-27-28/h1-6H,7-8H2,(H,24,29)(H2,22,25,27)/b23-6-. The quantitative estimate of drug-likeness (QED) is 0.387. The van der Waals surface area contributed by atoms with E-state index in [1.54, 1.807) is 24.3 Å². The number of nitrogen functional groups attached to an aromatic ring is 1. The smallest absolute Gasteiger partial charge is 0.261 e. The van der Waals surface area contributed by atoms with Crippen molar-refractivity contribution in [2.24, 2.45) is 5.10 Å². The minimum absolute atomic E-state index is 0.00676. The van der Waals surface area contributed by atoms with Crippen molar-refractivity contribution in [1.82, 2.24) is 25.6 Å². The van der Waals surface area contributed by atoms with E-state index < -0.39 is 5.91 Å². The molecule has 0 atom stereocenters. The van der Waals surface area contributed by atoms with E-state index in [-0.39, 0.29) is 24.1 Å². The van der Waals surface area contributed by atoms with Crippen molar-refractivity contribution < 1.29 is 9.53 Å². The van der Waals surface area contributed by atoms with Gasteiger partial charge in [0.05, 0.1) is 11.2 Å². The molecule has 3 rings (SSSR count). The van der Waals surface area contributed by atoms with Gasteiger partial charge in [0.15, 0.2) is 0 Å². The fourth-order valence-electron chi connectivity index (χ4n) is 2.29. The summed E-state index contributed by atoms with van der Waals surface area (Å²) in [5.41, 5.74) is 9.00. The summed E-state index contributed by atoms with van der Waals surface area (Å²) in [4.78, 5) is 11.9. The molecule has 1 aromatic heterocycles. The van der Waals surface area contributed by atoms with Crippen molar-refractivity contribution >= 4 is 64.5 Å². The Morgan fingerprint density at radius 3 is 2.63 bits per heavy atom. The maximum absolute atomic E-state index is 11.9. The normalized spacial score (nSPS) is 11.1. The lowest BCUT2D eigenvalue weighted by Gasteiger charge is -2.12. The van der Waals surface area contributed by atoms with Gasteiger partial charge >= 0.3 is 0 Å². The summed E-state index contributed by atoms with van der Waals surface area (Å²) in [6.07, 6.45) is 1.34. The minimum Gasteiger partial charge on any atom is -0.487 e. The van der Waals surface area contributed by atoms with Gasteiger partial charge in [-0.3, -0.25) is 4.79 Å². The van der Waals surface area contributed by atoms with E-state index in [2.05, 4.69) is 26.1 Å². The Labute approximate surface area is 190 Å². The summed E-state index contributed by atoms with van der Waals surface area (Å²) >= 11 is 24.4. The summed E-state index contributed by atoms with van der Waals surface area (Å²) in [7, 11) is 0. The molecule has 0 unspecified atom stereocenters. The second-order valence-electron chi connectivity index (χ2n) is 5.82. The highest BCUT2D eigenvalue weighted by atomic mass is 35.5. The van der Waals surface area contributed by atoms with E-state index in [4.69, 9.17) is 56.9 Å². The Morgan fingerprint density at radius 2 is 1.93 bits per heavy atom. The number of amides is 1. The number of nitrogens with one attached hydrogen (secondary N) is 1. The molecule has 30 heavy (non-hydrogen) atoms. The monoisotopic (exact) mass is 487 g/mol. The number of hydrogen-bond donors (Lipinski definition) is 2. The van der Waals surface area contributed by atoms with Crippen LogP contribution in [0.2, 0.25) is 20.1 Å². The molecule has 0 fully saturated rings. The maximum atomic E-state index is 11.9. The number of carbonyl (C=O) groups is 1. The minimum atomic E-state index is -0.492. The van der Waals surface area contributed by atoms with Crippen LogP contribution in [-0.2, 0) is 17.9 Å². The first-order valence-electron chi connectivity index (χ1n) is 8.23. The molecule has 0 aliphatic rings. The molecule has 0 aliphatic carbocycles. The Kier molecular flexibility index (Phi) is 7.33. The van der Waals surface area contributed by atoms with Crippen LogP contribution < -0.4 is 15.9 Å². The highest BCUT2D eigenvalue weighted by molar-refractivity contribution is 6.36. The van der Waals surface area contributed by atoms with Crippen LogP contribution >= 0.6 is 46.4 Å². The predicted octanol–water partition coefficient (Wildman–Crippen LogP) is 3.60. The number of halogens is 4. The van der Waals surface area contributed by atoms with Crippen LogP contribution in [0.1, 0.15) is 11.1 Å². The molecule has 1 heterocycles. The van der Waals surface area contributed by atoms with E-state index in [0.29, 0.717) is 31.9 Å². The van der Waals surface area contributed by atoms with Gasteiger partial charge in [0.2, 0.25) is 5.95 Å². The number of aromatic nitrogens is 4. The van der Waals surface area contributed by atoms with Gasteiger partial charge in [-0.05, 0) is 34.7 Å². The molecule has 0 saturated carbocycles. The molecule has 3 N–H and O–H groups in total. The largest absolute Gasteiger partial charge is 0.487 e. The van der Waals surface area contributed by atoms with E-state index in [1.807, 2.05) is 0 Å². The van der Waals surface area contributed by atoms with Crippen molar-refractivity contribution in [2.75, 3.05) is 5.73 Å². The van der Waals surface area contributed by atoms with Crippen molar-refractivity contribution in [3.63, 3.8) is 0 Å². The number of nitrogens with zero attached hydrogens (tertiary/aromatic N) is 5. The third kappa shape index (κ3) is 5.73. The number of carbonyl (C=O) groups excluding carboxylic acids is 1. The zero-order chi connectivity index (χ0) is 21.7. The van der Waals surface area contributed by atoms with Crippen LogP contribution in [-0.4, -0.2) is 32.3 Å². The molecule has 0 spiro atoms. The number of ether oxygens (including phenoxy) is 1. The SMILES string of the molecule is Nc1nnnn1CC(=O)N/N=C\c1cc(Cl)cc(Cl)c1OCc1ccc(Cl)cc1Cl. The van der Waals surface area contributed by atoms with Crippen molar-refractivity contribution in [2.45, 2.75) is 13.2 Å². The van der Waals surface area contributed by atoms with E-state index >= 15 is 0 Å². The molecule has 1 amide bonds. The molecule has 9 nitrogen and oxygen atoms in total. The number of nitrogens with two attached hydrogens (primary N) is 1. The number of anilines is 1. The van der Waals surface area contributed by atoms with Crippen LogP contribution in [0.25, 0.3) is 0 Å². The number of benzene rings is 2. The fraction of sp³-hybridized carbons (Fsp3) is 0.118. The fourth-order valence-corrected chi connectivity index (χ4v) is 3.31. The number of rotatable bonds is 7. The number of hydrazone groups is 1. The van der Waals surface area contributed by atoms with E-state index in [1.165, 1.54) is 12.3 Å². The first-order valence-corrected chi connectivity index (χ1v) is 9.74. The van der Waals surface area contributed by atoms with E-state index in [9.17, 15) is 4.79 Å². The molecule has 0 saturated heterocycles. The van der Waals surface area contributed by atoms with Gasteiger partial charge in [0, 0.05) is 26.2 Å². The average molecular weight is 489 g/mol. The molecule has 3 aromatic rings. The van der Waals surface area contributed by atoms with Crippen molar-refractivity contribution in [3.05, 3.63) is 61.5 Å². The molecule has 13 heteroatoms. The van der Waals surface area contributed by atoms with E-state index in [0.717, 1.165) is 4.68 Å². The average Bonchev–Trinajstić information content (AvgIpc) is 3.07. The van der Waals surface area contributed by atoms with Gasteiger partial charge in [0.25, 0.3) is 5.91 Å². The summed E-state index contributed by atoms with van der Waals surface area (Å²) in [5, 5.41) is 15.9. The Hall–Kier alpha value is -2.59. The van der Waals surface area contributed by atoms with Gasteiger partial charge in [-0.15, -0.1) is 0 Å². The van der Waals surface area contributed by atoms with Crippen molar-refractivity contribution in [1.29, 1.82) is 0 Å². The molecular weight excluding hydrogens is 476 g/mol. The first-order chi connectivity index (χ1) is 14.3. The lowest BCUT2D eigenvalue weighted by atomic mass is 10.2. The van der Waals surface area contributed by atoms with Crippen LogP contribution in [0.3, 0.4) is 0 Å². The summed E-state index contributed by atoms with van der Waals surface area (Å²) in [6, 6.07) is 8.16. The number of tetrazole rings is 1. The maximum Gasteiger partial charge on any atom is 0.261 e. The molecule has 2 aromatic carbocycles. The number of hydrogen-bond acceptors (Lipinski definition) is 7. The van der Waals surface area contributed by atoms with Gasteiger partial charge in [-0.1, -0.05) is 57.6 Å². The predicted molar refractivity (Wildman–Crippen MR) is 115 cm³/mol. The summed E-state index contributed by atoms with van der Waals surface area (Å²) < 4.78 is 6.94. The molecule has 0 aliphatic heterocycles. The first kappa shape index (κ1) is 22.1. The Balaban J connectivity index is 1.71. The third-order valence-electron chi connectivity index (χ3n) is 3.67. The Bertz CT molecular complexity index is 1100. The Morgan fingerprint density at radius 1 is 1.17 bits per heavy atom. The highest BCUT2D eigenvalue weighted by Crippen LogP contribution is 2.33. The zero-order valence-corrected chi connectivity index (χ0v) is 18.0. The molecule has 0 bridgehead atoms. The van der Waals surface area contributed by atoms with Crippen LogP contribution in [0.5, 0.6) is 5.75 Å². The van der Waals surface area contributed by atoms with Crippen LogP contribution in [0, 0.1) is 0 Å². The molecular formula is C17H13Cl4N7O2. The van der Waals surface area contributed by atoms with Gasteiger partial charge < -0.3 is 10.5 Å².